The summed E-state index contributed by atoms with van der Waals surface area (Å²) in [5.74, 6) is -0.146. The maximum Gasteiger partial charge on any atom is 0.251 e. The number of rotatable bonds is 7. The zero-order valence-corrected chi connectivity index (χ0v) is 15.3. The summed E-state index contributed by atoms with van der Waals surface area (Å²) in [7, 11) is -3.46. The molecule has 6 nitrogen and oxygen atoms in total. The Hall–Kier alpha value is -2.25. The van der Waals surface area contributed by atoms with Crippen LogP contribution in [0.1, 0.15) is 41.6 Å². The highest BCUT2D eigenvalue weighted by Crippen LogP contribution is 2.20. The van der Waals surface area contributed by atoms with Gasteiger partial charge in [-0.25, -0.2) is 13.1 Å². The van der Waals surface area contributed by atoms with Crippen LogP contribution in [0.2, 0.25) is 0 Å². The average Bonchev–Trinajstić information content (AvgIpc) is 3.15. The fourth-order valence-electron chi connectivity index (χ4n) is 3.09. The van der Waals surface area contributed by atoms with E-state index in [0.717, 1.165) is 31.2 Å². The number of nitrogens with one attached hydrogen (secondary N) is 2. The largest absolute Gasteiger partial charge is 0.352 e. The molecule has 1 aliphatic rings. The molecule has 0 unspecified atom stereocenters. The zero-order valence-electron chi connectivity index (χ0n) is 14.5. The van der Waals surface area contributed by atoms with Gasteiger partial charge in [-0.15, -0.1) is 0 Å². The number of amides is 1. The van der Waals surface area contributed by atoms with Gasteiger partial charge in [-0.1, -0.05) is 25.0 Å². The van der Waals surface area contributed by atoms with Crippen LogP contribution in [0.25, 0.3) is 0 Å². The molecule has 1 saturated carbocycles. The number of hydrogen-bond donors (Lipinski definition) is 2. The first kappa shape index (κ1) is 18.5. The molecule has 26 heavy (non-hydrogen) atoms. The minimum atomic E-state index is -3.46. The zero-order chi connectivity index (χ0) is 18.4. The maximum atomic E-state index is 12.4. The van der Waals surface area contributed by atoms with Crippen LogP contribution in [-0.4, -0.2) is 31.9 Å². The van der Waals surface area contributed by atoms with E-state index in [-0.39, 0.29) is 16.8 Å². The smallest absolute Gasteiger partial charge is 0.251 e. The predicted octanol–water partition coefficient (Wildman–Crippen LogP) is 2.28. The van der Waals surface area contributed by atoms with Crippen LogP contribution in [0, 0.1) is 0 Å². The van der Waals surface area contributed by atoms with Crippen molar-refractivity contribution in [2.75, 3.05) is 6.54 Å². The highest BCUT2D eigenvalue weighted by Gasteiger charge is 2.22. The van der Waals surface area contributed by atoms with Gasteiger partial charge in [0, 0.05) is 30.5 Å². The van der Waals surface area contributed by atoms with Gasteiger partial charge < -0.3 is 5.32 Å². The third kappa shape index (κ3) is 4.89. The molecule has 0 spiro atoms. The summed E-state index contributed by atoms with van der Waals surface area (Å²) < 4.78 is 27.6. The van der Waals surface area contributed by atoms with Gasteiger partial charge in [0.25, 0.3) is 5.91 Å². The average molecular weight is 373 g/mol. The standard InChI is InChI=1S/C19H23N3O3S/c23-19(16-10-12-20-13-11-16)21-14-9-15-5-7-18(8-6-15)26(24,25)22-17-3-1-2-4-17/h5-8,10-13,17,22H,1-4,9,14H2,(H,21,23). The van der Waals surface area contributed by atoms with Gasteiger partial charge in [0.1, 0.15) is 0 Å². The van der Waals surface area contributed by atoms with Crippen molar-refractivity contribution in [3.63, 3.8) is 0 Å². The number of benzene rings is 1. The van der Waals surface area contributed by atoms with Gasteiger partial charge in [0.05, 0.1) is 4.90 Å². The third-order valence-electron chi connectivity index (χ3n) is 4.55. The predicted molar refractivity (Wildman–Crippen MR) is 99.3 cm³/mol. The second kappa shape index (κ2) is 8.42. The molecule has 1 aromatic carbocycles. The monoisotopic (exact) mass is 373 g/mol. The van der Waals surface area contributed by atoms with Gasteiger partial charge in [0.2, 0.25) is 10.0 Å². The lowest BCUT2D eigenvalue weighted by atomic mass is 10.1. The van der Waals surface area contributed by atoms with Crippen LogP contribution in [0.5, 0.6) is 0 Å². The fraction of sp³-hybridized carbons (Fsp3) is 0.368. The van der Waals surface area contributed by atoms with Crippen molar-refractivity contribution < 1.29 is 13.2 Å². The van der Waals surface area contributed by atoms with Crippen LogP contribution in [-0.2, 0) is 16.4 Å². The molecule has 0 atom stereocenters. The van der Waals surface area contributed by atoms with E-state index >= 15 is 0 Å². The highest BCUT2D eigenvalue weighted by molar-refractivity contribution is 7.89. The summed E-state index contributed by atoms with van der Waals surface area (Å²) in [6.45, 7) is 0.480. The van der Waals surface area contributed by atoms with Gasteiger partial charge in [-0.3, -0.25) is 9.78 Å². The molecule has 0 aliphatic heterocycles. The Morgan fingerprint density at radius 3 is 2.35 bits per heavy atom. The second-order valence-corrected chi connectivity index (χ2v) is 8.20. The normalized spacial score (nSPS) is 15.1. The molecular formula is C19H23N3O3S. The molecule has 0 saturated heterocycles. The first-order chi connectivity index (χ1) is 12.5. The van der Waals surface area contributed by atoms with Gasteiger partial charge in [-0.05, 0) is 49.1 Å². The Bertz CT molecular complexity index is 830. The molecule has 2 aromatic rings. The van der Waals surface area contributed by atoms with E-state index in [2.05, 4.69) is 15.0 Å². The lowest BCUT2D eigenvalue weighted by Gasteiger charge is -2.13. The maximum absolute atomic E-state index is 12.4. The number of aromatic nitrogens is 1. The van der Waals surface area contributed by atoms with Crippen molar-refractivity contribution in [2.24, 2.45) is 0 Å². The van der Waals surface area contributed by atoms with Crippen LogP contribution < -0.4 is 10.0 Å². The van der Waals surface area contributed by atoms with E-state index in [9.17, 15) is 13.2 Å². The number of pyridine rings is 1. The van der Waals surface area contributed by atoms with E-state index in [1.807, 2.05) is 0 Å². The molecular weight excluding hydrogens is 350 g/mol. The molecule has 1 aromatic heterocycles. The van der Waals surface area contributed by atoms with Crippen molar-refractivity contribution in [3.8, 4) is 0 Å². The summed E-state index contributed by atoms with van der Waals surface area (Å²) in [4.78, 5) is 16.1. The Kier molecular flexibility index (Phi) is 6.00. The SMILES string of the molecule is O=C(NCCc1ccc(S(=O)(=O)NC2CCCC2)cc1)c1ccncc1. The first-order valence-electron chi connectivity index (χ1n) is 8.84. The molecule has 1 amide bonds. The number of carbonyl (C=O) groups excluding carboxylic acids is 1. The first-order valence-corrected chi connectivity index (χ1v) is 10.3. The Morgan fingerprint density at radius 2 is 1.69 bits per heavy atom. The van der Waals surface area contributed by atoms with Gasteiger partial charge in [0.15, 0.2) is 0 Å². The lowest BCUT2D eigenvalue weighted by molar-refractivity contribution is 0.0954. The lowest BCUT2D eigenvalue weighted by Crippen LogP contribution is -2.32. The van der Waals surface area contributed by atoms with Crippen molar-refractivity contribution >= 4 is 15.9 Å². The van der Waals surface area contributed by atoms with Crippen LogP contribution in [0.15, 0.2) is 53.7 Å². The number of hydrogen-bond acceptors (Lipinski definition) is 4. The van der Waals surface area contributed by atoms with E-state index in [0.29, 0.717) is 18.5 Å². The third-order valence-corrected chi connectivity index (χ3v) is 6.09. The fourth-order valence-corrected chi connectivity index (χ4v) is 4.40. The van der Waals surface area contributed by atoms with E-state index in [1.54, 1.807) is 48.8 Å². The van der Waals surface area contributed by atoms with Crippen molar-refractivity contribution in [1.29, 1.82) is 0 Å². The van der Waals surface area contributed by atoms with Crippen molar-refractivity contribution in [1.82, 2.24) is 15.0 Å². The molecule has 138 valence electrons. The minimum absolute atomic E-state index is 0.0584. The minimum Gasteiger partial charge on any atom is -0.352 e. The molecule has 1 heterocycles. The second-order valence-electron chi connectivity index (χ2n) is 6.49. The van der Waals surface area contributed by atoms with Gasteiger partial charge >= 0.3 is 0 Å². The number of nitrogens with zero attached hydrogens (tertiary/aromatic N) is 1. The molecule has 0 bridgehead atoms. The van der Waals surface area contributed by atoms with Crippen LogP contribution in [0.4, 0.5) is 0 Å². The Labute approximate surface area is 154 Å². The molecule has 3 rings (SSSR count). The summed E-state index contributed by atoms with van der Waals surface area (Å²) in [6, 6.07) is 10.2. The number of carbonyl (C=O) groups is 1. The summed E-state index contributed by atoms with van der Waals surface area (Å²) in [5, 5.41) is 2.84. The molecule has 1 aliphatic carbocycles. The molecule has 7 heteroatoms. The highest BCUT2D eigenvalue weighted by atomic mass is 32.2. The molecule has 0 radical (unpaired) electrons. The van der Waals surface area contributed by atoms with Crippen molar-refractivity contribution in [2.45, 2.75) is 43.0 Å². The quantitative estimate of drug-likeness (QED) is 0.779. The topological polar surface area (TPSA) is 88.2 Å². The van der Waals surface area contributed by atoms with Gasteiger partial charge in [-0.2, -0.15) is 0 Å². The van der Waals surface area contributed by atoms with E-state index in [4.69, 9.17) is 0 Å². The Balaban J connectivity index is 1.52. The summed E-state index contributed by atoms with van der Waals surface area (Å²) >= 11 is 0. The van der Waals surface area contributed by atoms with Crippen LogP contribution >= 0.6 is 0 Å². The molecule has 1 fully saturated rings. The summed E-state index contributed by atoms with van der Waals surface area (Å²) in [5.41, 5.74) is 1.54. The Morgan fingerprint density at radius 1 is 1.04 bits per heavy atom. The van der Waals surface area contributed by atoms with E-state index in [1.165, 1.54) is 0 Å². The van der Waals surface area contributed by atoms with Crippen LogP contribution in [0.3, 0.4) is 0 Å². The van der Waals surface area contributed by atoms with Crippen molar-refractivity contribution in [3.05, 3.63) is 59.9 Å². The summed E-state index contributed by atoms with van der Waals surface area (Å²) in [6.07, 6.45) is 7.77. The molecule has 2 N–H and O–H groups in total. The number of sulfonamides is 1. The van der Waals surface area contributed by atoms with E-state index < -0.39 is 10.0 Å².